The van der Waals surface area contributed by atoms with Crippen LogP contribution in [0.5, 0.6) is 0 Å². The van der Waals surface area contributed by atoms with E-state index in [0.717, 1.165) is 5.56 Å². The van der Waals surface area contributed by atoms with Crippen molar-refractivity contribution < 1.29 is 19.4 Å². The van der Waals surface area contributed by atoms with Crippen molar-refractivity contribution in [1.82, 2.24) is 5.32 Å². The van der Waals surface area contributed by atoms with Crippen LogP contribution in [-0.4, -0.2) is 40.6 Å². The smallest absolute Gasteiger partial charge is 0.407 e. The molecule has 23 heavy (non-hydrogen) atoms. The van der Waals surface area contributed by atoms with Crippen LogP contribution in [0.2, 0.25) is 0 Å². The molecular formula is C17H24BrNO4. The van der Waals surface area contributed by atoms with Gasteiger partial charge in [-0.15, -0.1) is 0 Å². The molecule has 1 aromatic rings. The molecule has 0 spiro atoms. The van der Waals surface area contributed by atoms with Crippen molar-refractivity contribution in [3.05, 3.63) is 35.4 Å². The van der Waals surface area contributed by atoms with Crippen molar-refractivity contribution in [1.29, 1.82) is 0 Å². The van der Waals surface area contributed by atoms with Crippen LogP contribution in [0.1, 0.15) is 43.1 Å². The Morgan fingerprint density at radius 2 is 1.87 bits per heavy atom. The second-order valence-corrected chi connectivity index (χ2v) is 6.87. The van der Waals surface area contributed by atoms with Gasteiger partial charge in [-0.2, -0.15) is 0 Å². The zero-order valence-electron chi connectivity index (χ0n) is 13.8. The number of ketones is 1. The Bertz CT molecular complexity index is 522. The van der Waals surface area contributed by atoms with Crippen LogP contribution >= 0.6 is 15.9 Å². The number of rotatable bonds is 7. The molecule has 1 rings (SSSR count). The predicted octanol–water partition coefficient (Wildman–Crippen LogP) is 3.08. The maximum absolute atomic E-state index is 11.9. The number of carbonyl (C=O) groups is 2. The number of hydrogen-bond acceptors (Lipinski definition) is 4. The summed E-state index contributed by atoms with van der Waals surface area (Å²) in [4.78, 5) is 23.4. The maximum atomic E-state index is 11.9. The van der Waals surface area contributed by atoms with Gasteiger partial charge in [-0.3, -0.25) is 4.79 Å². The van der Waals surface area contributed by atoms with E-state index in [1.54, 1.807) is 32.9 Å². The molecule has 1 atom stereocenters. The van der Waals surface area contributed by atoms with Gasteiger partial charge < -0.3 is 15.2 Å². The summed E-state index contributed by atoms with van der Waals surface area (Å²) >= 11 is 3.14. The lowest BCUT2D eigenvalue weighted by atomic mass is 10.0. The average molecular weight is 386 g/mol. The van der Waals surface area contributed by atoms with Gasteiger partial charge in [0.2, 0.25) is 0 Å². The summed E-state index contributed by atoms with van der Waals surface area (Å²) in [6.07, 6.45) is 0.492. The Labute approximate surface area is 145 Å². The minimum atomic E-state index is -0.564. The molecule has 0 aliphatic carbocycles. The van der Waals surface area contributed by atoms with Crippen LogP contribution in [0.15, 0.2) is 24.3 Å². The fourth-order valence-electron chi connectivity index (χ4n) is 2.04. The van der Waals surface area contributed by atoms with Crippen LogP contribution in [0.3, 0.4) is 0 Å². The normalized spacial score (nSPS) is 12.6. The van der Waals surface area contributed by atoms with E-state index in [4.69, 9.17) is 9.84 Å². The highest BCUT2D eigenvalue weighted by atomic mass is 79.9. The molecule has 0 aromatic heterocycles. The summed E-state index contributed by atoms with van der Waals surface area (Å²) in [7, 11) is 0. The van der Waals surface area contributed by atoms with Crippen LogP contribution in [0, 0.1) is 0 Å². The maximum Gasteiger partial charge on any atom is 0.407 e. The van der Waals surface area contributed by atoms with Gasteiger partial charge >= 0.3 is 6.09 Å². The van der Waals surface area contributed by atoms with E-state index in [2.05, 4.69) is 21.2 Å². The number of benzene rings is 1. The molecule has 1 amide bonds. The lowest BCUT2D eigenvalue weighted by molar-refractivity contribution is 0.0497. The quantitative estimate of drug-likeness (QED) is 0.558. The Morgan fingerprint density at radius 3 is 2.35 bits per heavy atom. The van der Waals surface area contributed by atoms with Crippen LogP contribution in [0.4, 0.5) is 4.79 Å². The number of ether oxygens (including phenoxy) is 1. The molecule has 0 aliphatic rings. The fourth-order valence-corrected chi connectivity index (χ4v) is 2.37. The number of halogens is 1. The number of Topliss-reactive ketones (excluding diaryl/α,β-unsaturated/α-hetero) is 1. The van der Waals surface area contributed by atoms with E-state index < -0.39 is 11.7 Å². The minimum Gasteiger partial charge on any atom is -0.444 e. The molecular weight excluding hydrogens is 362 g/mol. The van der Waals surface area contributed by atoms with Gasteiger partial charge in [0.15, 0.2) is 5.78 Å². The molecule has 0 saturated heterocycles. The van der Waals surface area contributed by atoms with Gasteiger partial charge in [-0.1, -0.05) is 40.2 Å². The van der Waals surface area contributed by atoms with E-state index in [-0.39, 0.29) is 18.4 Å². The van der Waals surface area contributed by atoms with Gasteiger partial charge in [0, 0.05) is 18.2 Å². The van der Waals surface area contributed by atoms with Gasteiger partial charge in [0.1, 0.15) is 5.60 Å². The second kappa shape index (κ2) is 9.03. The molecule has 6 heteroatoms. The highest BCUT2D eigenvalue weighted by Gasteiger charge is 2.19. The SMILES string of the molecule is CC(C)(C)OC(=O)N[C@H](CCO)Cc1ccc(C(=O)CBr)cc1. The standard InChI is InChI=1S/C17H24BrNO4/c1-17(2,3)23-16(22)19-14(8-9-20)10-12-4-6-13(7-5-12)15(21)11-18/h4-7,14,20H,8-11H2,1-3H3,(H,19,22)/t14-/m1/s1. The van der Waals surface area contributed by atoms with E-state index in [1.807, 2.05) is 12.1 Å². The molecule has 0 fully saturated rings. The topological polar surface area (TPSA) is 75.6 Å². The summed E-state index contributed by atoms with van der Waals surface area (Å²) in [5.74, 6) is 0.0235. The van der Waals surface area contributed by atoms with Crippen LogP contribution in [0.25, 0.3) is 0 Å². The number of amides is 1. The van der Waals surface area contributed by atoms with Crippen molar-refractivity contribution in [3.63, 3.8) is 0 Å². The zero-order chi connectivity index (χ0) is 17.5. The minimum absolute atomic E-state index is 0.0235. The molecule has 0 heterocycles. The zero-order valence-corrected chi connectivity index (χ0v) is 15.4. The number of carbonyl (C=O) groups excluding carboxylic acids is 2. The summed E-state index contributed by atoms with van der Waals surface area (Å²) in [5.41, 5.74) is 1.06. The van der Waals surface area contributed by atoms with E-state index in [9.17, 15) is 9.59 Å². The molecule has 0 bridgehead atoms. The highest BCUT2D eigenvalue weighted by molar-refractivity contribution is 9.09. The molecule has 0 saturated carbocycles. The Hall–Kier alpha value is -1.40. The van der Waals surface area contributed by atoms with Crippen molar-refractivity contribution in [2.45, 2.75) is 45.3 Å². The number of aliphatic hydroxyl groups excluding tert-OH is 1. The fraction of sp³-hybridized carbons (Fsp3) is 0.529. The first-order valence-corrected chi connectivity index (χ1v) is 8.66. The number of aliphatic hydroxyl groups is 1. The van der Waals surface area contributed by atoms with Gasteiger partial charge in [0.25, 0.3) is 0 Å². The summed E-state index contributed by atoms with van der Waals surface area (Å²) < 4.78 is 5.24. The first-order chi connectivity index (χ1) is 10.7. The van der Waals surface area contributed by atoms with E-state index >= 15 is 0 Å². The predicted molar refractivity (Wildman–Crippen MR) is 93.1 cm³/mol. The highest BCUT2D eigenvalue weighted by Crippen LogP contribution is 2.12. The Morgan fingerprint density at radius 1 is 1.26 bits per heavy atom. The van der Waals surface area contributed by atoms with Crippen LogP contribution < -0.4 is 5.32 Å². The molecule has 0 aliphatic heterocycles. The summed E-state index contributed by atoms with van der Waals surface area (Å²) in [6.45, 7) is 5.37. The number of hydrogen-bond donors (Lipinski definition) is 2. The van der Waals surface area contributed by atoms with Crippen molar-refractivity contribution in [2.75, 3.05) is 11.9 Å². The number of alkyl halides is 1. The van der Waals surface area contributed by atoms with E-state index in [1.165, 1.54) is 0 Å². The monoisotopic (exact) mass is 385 g/mol. The molecule has 2 N–H and O–H groups in total. The van der Waals surface area contributed by atoms with Crippen molar-refractivity contribution in [2.24, 2.45) is 0 Å². The molecule has 0 radical (unpaired) electrons. The number of nitrogens with one attached hydrogen (secondary N) is 1. The lowest BCUT2D eigenvalue weighted by Crippen LogP contribution is -2.40. The molecule has 128 valence electrons. The molecule has 0 unspecified atom stereocenters. The van der Waals surface area contributed by atoms with Crippen molar-refractivity contribution >= 4 is 27.8 Å². The van der Waals surface area contributed by atoms with Crippen LogP contribution in [-0.2, 0) is 11.2 Å². The first-order valence-electron chi connectivity index (χ1n) is 7.53. The third-order valence-electron chi connectivity index (χ3n) is 3.08. The third kappa shape index (κ3) is 7.61. The largest absolute Gasteiger partial charge is 0.444 e. The Kier molecular flexibility index (Phi) is 7.72. The van der Waals surface area contributed by atoms with E-state index in [0.29, 0.717) is 23.7 Å². The van der Waals surface area contributed by atoms with Gasteiger partial charge in [-0.05, 0) is 39.2 Å². The lowest BCUT2D eigenvalue weighted by Gasteiger charge is -2.23. The summed E-state index contributed by atoms with van der Waals surface area (Å²) in [6, 6.07) is 7.02. The number of alkyl carbamates (subject to hydrolysis) is 1. The molecule has 1 aromatic carbocycles. The first kappa shape index (κ1) is 19.6. The van der Waals surface area contributed by atoms with Gasteiger partial charge in [0.05, 0.1) is 5.33 Å². The molecule has 5 nitrogen and oxygen atoms in total. The Balaban J connectivity index is 2.68. The third-order valence-corrected chi connectivity index (χ3v) is 3.59. The average Bonchev–Trinajstić information content (AvgIpc) is 2.45. The summed E-state index contributed by atoms with van der Waals surface area (Å²) in [5, 5.41) is 12.2. The van der Waals surface area contributed by atoms with Gasteiger partial charge in [-0.25, -0.2) is 4.79 Å². The second-order valence-electron chi connectivity index (χ2n) is 6.31. The van der Waals surface area contributed by atoms with Crippen molar-refractivity contribution in [3.8, 4) is 0 Å².